The third-order valence-electron chi connectivity index (χ3n) is 2.93. The predicted octanol–water partition coefficient (Wildman–Crippen LogP) is 3.78. The lowest BCUT2D eigenvalue weighted by molar-refractivity contribution is 0.886. The summed E-state index contributed by atoms with van der Waals surface area (Å²) in [7, 11) is 0. The number of halogens is 1. The van der Waals surface area contributed by atoms with Gasteiger partial charge in [0.25, 0.3) is 0 Å². The van der Waals surface area contributed by atoms with E-state index in [2.05, 4.69) is 38.1 Å². The number of hydrogen-bond donors (Lipinski definition) is 0. The van der Waals surface area contributed by atoms with Crippen LogP contribution in [0.1, 0.15) is 11.4 Å². The average Bonchev–Trinajstić information content (AvgIpc) is 2.74. The van der Waals surface area contributed by atoms with Crippen LogP contribution in [0.15, 0.2) is 41.0 Å². The first kappa shape index (κ1) is 11.4. The molecule has 0 unspecified atom stereocenters. The summed E-state index contributed by atoms with van der Waals surface area (Å²) in [5.41, 5.74) is 5.22. The zero-order chi connectivity index (χ0) is 12.7. The van der Waals surface area contributed by atoms with Crippen molar-refractivity contribution in [2.24, 2.45) is 0 Å². The Morgan fingerprint density at radius 3 is 2.56 bits per heavy atom. The predicted molar refractivity (Wildman–Crippen MR) is 75.6 cm³/mol. The Bertz CT molecular complexity index is 714. The highest BCUT2D eigenvalue weighted by molar-refractivity contribution is 9.10. The first-order valence-electron chi connectivity index (χ1n) is 5.73. The van der Waals surface area contributed by atoms with Crippen LogP contribution in [-0.4, -0.2) is 14.6 Å². The van der Waals surface area contributed by atoms with Crippen molar-refractivity contribution in [3.8, 4) is 11.1 Å². The number of aromatic nitrogens is 3. The molecule has 0 bridgehead atoms. The third-order valence-corrected chi connectivity index (χ3v) is 3.46. The standard InChI is InChI=1S/C14H12BrN3/c1-9-7-10(2)18-14(17-9)13(8-16-18)11-3-5-12(15)6-4-11/h3-8H,1-2H3. The molecule has 3 rings (SSSR count). The lowest BCUT2D eigenvalue weighted by Crippen LogP contribution is -1.97. The molecular weight excluding hydrogens is 290 g/mol. The van der Waals surface area contributed by atoms with Gasteiger partial charge in [-0.05, 0) is 37.6 Å². The zero-order valence-corrected chi connectivity index (χ0v) is 11.8. The molecule has 0 aliphatic rings. The Kier molecular flexibility index (Phi) is 2.67. The number of nitrogens with zero attached hydrogens (tertiary/aromatic N) is 3. The van der Waals surface area contributed by atoms with Gasteiger partial charge in [0.05, 0.1) is 6.20 Å². The molecule has 0 saturated heterocycles. The summed E-state index contributed by atoms with van der Waals surface area (Å²) in [6.07, 6.45) is 1.87. The summed E-state index contributed by atoms with van der Waals surface area (Å²) >= 11 is 3.45. The van der Waals surface area contributed by atoms with Crippen LogP contribution in [0.3, 0.4) is 0 Å². The lowest BCUT2D eigenvalue weighted by atomic mass is 10.1. The molecule has 0 amide bonds. The van der Waals surface area contributed by atoms with Crippen molar-refractivity contribution in [1.82, 2.24) is 14.6 Å². The minimum atomic E-state index is 0.912. The second-order valence-corrected chi connectivity index (χ2v) is 5.26. The Hall–Kier alpha value is -1.68. The second kappa shape index (κ2) is 4.21. The molecule has 3 aromatic rings. The number of fused-ring (bicyclic) bond motifs is 1. The van der Waals surface area contributed by atoms with E-state index in [1.165, 1.54) is 0 Å². The molecule has 2 heterocycles. The summed E-state index contributed by atoms with van der Waals surface area (Å²) in [6.45, 7) is 4.05. The van der Waals surface area contributed by atoms with Gasteiger partial charge >= 0.3 is 0 Å². The second-order valence-electron chi connectivity index (χ2n) is 4.34. The van der Waals surface area contributed by atoms with Crippen LogP contribution in [0.4, 0.5) is 0 Å². The zero-order valence-electron chi connectivity index (χ0n) is 10.2. The van der Waals surface area contributed by atoms with Gasteiger partial charge in [0, 0.05) is 21.4 Å². The molecule has 0 aliphatic heterocycles. The summed E-state index contributed by atoms with van der Waals surface area (Å²) in [5, 5.41) is 4.40. The molecule has 0 atom stereocenters. The first-order valence-corrected chi connectivity index (χ1v) is 6.52. The van der Waals surface area contributed by atoms with Crippen LogP contribution in [-0.2, 0) is 0 Å². The molecule has 0 N–H and O–H groups in total. The molecule has 0 saturated carbocycles. The van der Waals surface area contributed by atoms with E-state index in [0.29, 0.717) is 0 Å². The van der Waals surface area contributed by atoms with Gasteiger partial charge in [-0.15, -0.1) is 0 Å². The Morgan fingerprint density at radius 1 is 1.11 bits per heavy atom. The molecule has 90 valence electrons. The van der Waals surface area contributed by atoms with Crippen LogP contribution in [0.2, 0.25) is 0 Å². The van der Waals surface area contributed by atoms with E-state index >= 15 is 0 Å². The summed E-state index contributed by atoms with van der Waals surface area (Å²) < 4.78 is 2.95. The van der Waals surface area contributed by atoms with Gasteiger partial charge in [-0.2, -0.15) is 5.10 Å². The average molecular weight is 302 g/mol. The van der Waals surface area contributed by atoms with Crippen molar-refractivity contribution < 1.29 is 0 Å². The normalized spacial score (nSPS) is 11.1. The molecule has 4 heteroatoms. The molecule has 0 spiro atoms. The largest absolute Gasteiger partial charge is 0.233 e. The number of rotatable bonds is 1. The van der Waals surface area contributed by atoms with E-state index in [9.17, 15) is 0 Å². The summed E-state index contributed by atoms with van der Waals surface area (Å²) in [6, 6.07) is 10.2. The molecule has 0 radical (unpaired) electrons. The van der Waals surface area contributed by atoms with Gasteiger partial charge in [0.15, 0.2) is 5.65 Å². The molecule has 2 aromatic heterocycles. The smallest absolute Gasteiger partial charge is 0.163 e. The van der Waals surface area contributed by atoms with Gasteiger partial charge in [0.1, 0.15) is 0 Å². The molecule has 3 nitrogen and oxygen atoms in total. The van der Waals surface area contributed by atoms with Crippen LogP contribution in [0.25, 0.3) is 16.8 Å². The van der Waals surface area contributed by atoms with Gasteiger partial charge in [0.2, 0.25) is 0 Å². The highest BCUT2D eigenvalue weighted by Gasteiger charge is 2.09. The highest BCUT2D eigenvalue weighted by atomic mass is 79.9. The van der Waals surface area contributed by atoms with Crippen LogP contribution in [0.5, 0.6) is 0 Å². The topological polar surface area (TPSA) is 30.2 Å². The fourth-order valence-electron chi connectivity index (χ4n) is 2.10. The molecular formula is C14H12BrN3. The van der Waals surface area contributed by atoms with Crippen LogP contribution < -0.4 is 0 Å². The minimum absolute atomic E-state index is 0.912. The highest BCUT2D eigenvalue weighted by Crippen LogP contribution is 2.25. The van der Waals surface area contributed by atoms with Gasteiger partial charge in [-0.1, -0.05) is 28.1 Å². The Morgan fingerprint density at radius 2 is 1.83 bits per heavy atom. The van der Waals surface area contributed by atoms with Crippen molar-refractivity contribution in [1.29, 1.82) is 0 Å². The molecule has 0 fully saturated rings. The lowest BCUT2D eigenvalue weighted by Gasteiger charge is -2.03. The summed E-state index contributed by atoms with van der Waals surface area (Å²) in [4.78, 5) is 4.58. The summed E-state index contributed by atoms with van der Waals surface area (Å²) in [5.74, 6) is 0. The number of hydrogen-bond acceptors (Lipinski definition) is 2. The van der Waals surface area contributed by atoms with Crippen molar-refractivity contribution in [3.63, 3.8) is 0 Å². The molecule has 1 aromatic carbocycles. The maximum atomic E-state index is 4.58. The maximum absolute atomic E-state index is 4.58. The van der Waals surface area contributed by atoms with Crippen molar-refractivity contribution >= 4 is 21.6 Å². The van der Waals surface area contributed by atoms with Gasteiger partial charge in [-0.3, -0.25) is 0 Å². The van der Waals surface area contributed by atoms with E-state index in [4.69, 9.17) is 0 Å². The van der Waals surface area contributed by atoms with Gasteiger partial charge < -0.3 is 0 Å². The van der Waals surface area contributed by atoms with E-state index in [1.54, 1.807) is 0 Å². The van der Waals surface area contributed by atoms with Crippen LogP contribution >= 0.6 is 15.9 Å². The molecule has 0 aliphatic carbocycles. The van der Waals surface area contributed by atoms with E-state index in [1.807, 2.05) is 42.8 Å². The fraction of sp³-hybridized carbons (Fsp3) is 0.143. The van der Waals surface area contributed by atoms with E-state index in [-0.39, 0.29) is 0 Å². The van der Waals surface area contributed by atoms with Crippen molar-refractivity contribution in [2.45, 2.75) is 13.8 Å². The Labute approximate surface area is 114 Å². The first-order chi connectivity index (χ1) is 8.65. The quantitative estimate of drug-likeness (QED) is 0.685. The minimum Gasteiger partial charge on any atom is -0.233 e. The number of aryl methyl sites for hydroxylation is 2. The van der Waals surface area contributed by atoms with Gasteiger partial charge in [-0.25, -0.2) is 9.50 Å². The Balaban J connectivity index is 2.27. The van der Waals surface area contributed by atoms with E-state index in [0.717, 1.165) is 32.6 Å². The third kappa shape index (κ3) is 1.82. The molecule has 18 heavy (non-hydrogen) atoms. The monoisotopic (exact) mass is 301 g/mol. The van der Waals surface area contributed by atoms with Crippen LogP contribution in [0, 0.1) is 13.8 Å². The fourth-order valence-corrected chi connectivity index (χ4v) is 2.37. The maximum Gasteiger partial charge on any atom is 0.163 e. The SMILES string of the molecule is Cc1cc(C)n2ncc(-c3ccc(Br)cc3)c2n1. The number of benzene rings is 1. The van der Waals surface area contributed by atoms with E-state index < -0.39 is 0 Å². The van der Waals surface area contributed by atoms with Crippen molar-refractivity contribution in [2.75, 3.05) is 0 Å². The van der Waals surface area contributed by atoms with Crippen molar-refractivity contribution in [3.05, 3.63) is 52.4 Å².